The SMILES string of the molecule is COc1cc(/C=C2\SC(=O)N(CC(=O)Nc3cccc(C)c3)C2=O)cc(I)c1OCC(=O)Nc1ccc(F)cc1. The number of ether oxygens (including phenoxy) is 2. The quantitative estimate of drug-likeness (QED) is 0.230. The maximum Gasteiger partial charge on any atom is 0.294 e. The average Bonchev–Trinajstić information content (AvgIpc) is 3.16. The van der Waals surface area contributed by atoms with E-state index in [4.69, 9.17) is 9.47 Å². The molecule has 3 aromatic rings. The van der Waals surface area contributed by atoms with Gasteiger partial charge in [-0.15, -0.1) is 0 Å². The Hall–Kier alpha value is -3.91. The third-order valence-electron chi connectivity index (χ3n) is 5.50. The topological polar surface area (TPSA) is 114 Å². The van der Waals surface area contributed by atoms with Crippen molar-refractivity contribution >= 4 is 74.8 Å². The summed E-state index contributed by atoms with van der Waals surface area (Å²) in [5, 5.41) is 4.75. The van der Waals surface area contributed by atoms with Crippen LogP contribution in [0, 0.1) is 16.3 Å². The van der Waals surface area contributed by atoms with E-state index in [0.29, 0.717) is 32.0 Å². The Morgan fingerprint density at radius 2 is 1.75 bits per heavy atom. The molecule has 40 heavy (non-hydrogen) atoms. The number of anilines is 2. The fraction of sp³-hybridized carbons (Fsp3) is 0.143. The minimum Gasteiger partial charge on any atom is -0.493 e. The highest BCUT2D eigenvalue weighted by Gasteiger charge is 2.36. The summed E-state index contributed by atoms with van der Waals surface area (Å²) in [5.74, 6) is -1.31. The number of nitrogens with zero attached hydrogens (tertiary/aromatic N) is 1. The molecule has 0 spiro atoms. The summed E-state index contributed by atoms with van der Waals surface area (Å²) >= 11 is 2.74. The number of carbonyl (C=O) groups is 4. The number of rotatable bonds is 9. The van der Waals surface area contributed by atoms with Gasteiger partial charge in [0.2, 0.25) is 5.91 Å². The van der Waals surface area contributed by atoms with Crippen molar-refractivity contribution in [3.63, 3.8) is 0 Å². The molecule has 3 aromatic carbocycles. The van der Waals surface area contributed by atoms with Gasteiger partial charge in [-0.1, -0.05) is 12.1 Å². The number of thioether (sulfide) groups is 1. The van der Waals surface area contributed by atoms with Crippen LogP contribution in [0.2, 0.25) is 0 Å². The largest absolute Gasteiger partial charge is 0.493 e. The number of amides is 4. The number of nitrogens with one attached hydrogen (secondary N) is 2. The molecule has 0 saturated carbocycles. The molecule has 206 valence electrons. The molecule has 4 rings (SSSR count). The van der Waals surface area contributed by atoms with Gasteiger partial charge in [-0.3, -0.25) is 24.1 Å². The summed E-state index contributed by atoms with van der Waals surface area (Å²) in [7, 11) is 1.43. The predicted octanol–water partition coefficient (Wildman–Crippen LogP) is 5.44. The van der Waals surface area contributed by atoms with Gasteiger partial charge in [0, 0.05) is 11.4 Å². The van der Waals surface area contributed by atoms with E-state index in [1.165, 1.54) is 37.5 Å². The van der Waals surface area contributed by atoms with Crippen LogP contribution < -0.4 is 20.1 Å². The zero-order valence-electron chi connectivity index (χ0n) is 21.3. The second-order valence-electron chi connectivity index (χ2n) is 8.56. The zero-order valence-corrected chi connectivity index (χ0v) is 24.3. The highest BCUT2D eigenvalue weighted by molar-refractivity contribution is 14.1. The number of aryl methyl sites for hydroxylation is 1. The lowest BCUT2D eigenvalue weighted by Crippen LogP contribution is -2.36. The van der Waals surface area contributed by atoms with Crippen LogP contribution in [0.3, 0.4) is 0 Å². The molecule has 1 aliphatic rings. The van der Waals surface area contributed by atoms with E-state index in [0.717, 1.165) is 22.2 Å². The lowest BCUT2D eigenvalue weighted by molar-refractivity contribution is -0.127. The minimum absolute atomic E-state index is 0.151. The van der Waals surface area contributed by atoms with Crippen LogP contribution in [0.25, 0.3) is 6.08 Å². The molecule has 1 fully saturated rings. The molecule has 4 amide bonds. The van der Waals surface area contributed by atoms with Gasteiger partial charge in [-0.25, -0.2) is 4.39 Å². The molecule has 2 N–H and O–H groups in total. The molecule has 0 aliphatic carbocycles. The number of hydrogen-bond acceptors (Lipinski definition) is 7. The predicted molar refractivity (Wildman–Crippen MR) is 159 cm³/mol. The van der Waals surface area contributed by atoms with Gasteiger partial charge in [0.15, 0.2) is 18.1 Å². The molecule has 0 bridgehead atoms. The lowest BCUT2D eigenvalue weighted by atomic mass is 10.2. The van der Waals surface area contributed by atoms with Gasteiger partial charge in [-0.2, -0.15) is 0 Å². The van der Waals surface area contributed by atoms with Crippen molar-refractivity contribution < 1.29 is 33.0 Å². The van der Waals surface area contributed by atoms with E-state index in [9.17, 15) is 23.6 Å². The fourth-order valence-electron chi connectivity index (χ4n) is 3.69. The van der Waals surface area contributed by atoms with E-state index < -0.39 is 35.3 Å². The highest BCUT2D eigenvalue weighted by Crippen LogP contribution is 2.37. The van der Waals surface area contributed by atoms with Crippen LogP contribution in [0.4, 0.5) is 20.6 Å². The monoisotopic (exact) mass is 675 g/mol. The third-order valence-corrected chi connectivity index (χ3v) is 7.21. The normalized spacial score (nSPS) is 13.9. The maximum atomic E-state index is 13.1. The minimum atomic E-state index is -0.582. The van der Waals surface area contributed by atoms with Crippen molar-refractivity contribution in [3.8, 4) is 11.5 Å². The Balaban J connectivity index is 1.42. The Bertz CT molecular complexity index is 1510. The van der Waals surface area contributed by atoms with Gasteiger partial charge >= 0.3 is 0 Å². The van der Waals surface area contributed by atoms with Gasteiger partial charge in [0.25, 0.3) is 17.1 Å². The molecular formula is C28H23FIN3O6S. The molecule has 9 nitrogen and oxygen atoms in total. The molecule has 0 radical (unpaired) electrons. The molecule has 1 aliphatic heterocycles. The van der Waals surface area contributed by atoms with E-state index in [-0.39, 0.29) is 11.5 Å². The number of methoxy groups -OCH3 is 1. The fourth-order valence-corrected chi connectivity index (χ4v) is 5.31. The smallest absolute Gasteiger partial charge is 0.294 e. The third kappa shape index (κ3) is 7.39. The van der Waals surface area contributed by atoms with Crippen molar-refractivity contribution in [1.29, 1.82) is 0 Å². The number of benzene rings is 3. The summed E-state index contributed by atoms with van der Waals surface area (Å²) in [6, 6.07) is 15.8. The molecule has 0 aromatic heterocycles. The molecular weight excluding hydrogens is 652 g/mol. The van der Waals surface area contributed by atoms with Crippen LogP contribution in [0.15, 0.2) is 65.6 Å². The number of imide groups is 1. The van der Waals surface area contributed by atoms with E-state index in [1.807, 2.05) is 35.6 Å². The first-order chi connectivity index (χ1) is 19.1. The molecule has 0 unspecified atom stereocenters. The summed E-state index contributed by atoms with van der Waals surface area (Å²) in [5.41, 5.74) is 2.51. The number of carbonyl (C=O) groups excluding carboxylic acids is 4. The maximum absolute atomic E-state index is 13.1. The van der Waals surface area contributed by atoms with Gasteiger partial charge < -0.3 is 20.1 Å². The summed E-state index contributed by atoms with van der Waals surface area (Å²) < 4.78 is 24.8. The number of halogens is 2. The lowest BCUT2D eigenvalue weighted by Gasteiger charge is -2.14. The Labute approximate surface area is 247 Å². The van der Waals surface area contributed by atoms with E-state index >= 15 is 0 Å². The molecule has 1 heterocycles. The van der Waals surface area contributed by atoms with Crippen LogP contribution in [0.5, 0.6) is 11.5 Å². The first-order valence-corrected chi connectivity index (χ1v) is 13.7. The van der Waals surface area contributed by atoms with Crippen molar-refractivity contribution in [2.75, 3.05) is 30.9 Å². The Morgan fingerprint density at radius 3 is 2.45 bits per heavy atom. The van der Waals surface area contributed by atoms with Gasteiger partial charge in [0.05, 0.1) is 15.6 Å². The summed E-state index contributed by atoms with van der Waals surface area (Å²) in [6.07, 6.45) is 1.53. The zero-order chi connectivity index (χ0) is 28.8. The van der Waals surface area contributed by atoms with Crippen LogP contribution in [-0.4, -0.2) is 48.1 Å². The molecule has 12 heteroatoms. The molecule has 0 atom stereocenters. The first kappa shape index (κ1) is 29.1. The van der Waals surface area contributed by atoms with Crippen molar-refractivity contribution in [2.24, 2.45) is 0 Å². The summed E-state index contributed by atoms with van der Waals surface area (Å²) in [6.45, 7) is 1.15. The Morgan fingerprint density at radius 1 is 1.02 bits per heavy atom. The van der Waals surface area contributed by atoms with E-state index in [2.05, 4.69) is 10.6 Å². The first-order valence-electron chi connectivity index (χ1n) is 11.8. The summed E-state index contributed by atoms with van der Waals surface area (Å²) in [4.78, 5) is 51.2. The van der Waals surface area contributed by atoms with Crippen molar-refractivity contribution in [3.05, 3.63) is 86.1 Å². The average molecular weight is 675 g/mol. The standard InChI is InChI=1S/C28H23FIN3O6S/c1-16-4-3-5-20(10-16)32-24(34)14-33-27(36)23(40-28(33)37)13-17-11-21(30)26(22(12-17)38-2)39-15-25(35)31-19-8-6-18(29)7-9-19/h3-13H,14-15H2,1-2H3,(H,31,35)(H,32,34)/b23-13-. The number of hydrogen-bond donors (Lipinski definition) is 2. The van der Waals surface area contributed by atoms with Crippen molar-refractivity contribution in [2.45, 2.75) is 6.92 Å². The van der Waals surface area contributed by atoms with Crippen LogP contribution in [-0.2, 0) is 14.4 Å². The second kappa shape index (κ2) is 13.0. The van der Waals surface area contributed by atoms with Gasteiger partial charge in [-0.05, 0) is 107 Å². The molecule has 1 saturated heterocycles. The van der Waals surface area contributed by atoms with Gasteiger partial charge in [0.1, 0.15) is 12.4 Å². The second-order valence-corrected chi connectivity index (χ2v) is 10.7. The van der Waals surface area contributed by atoms with Crippen LogP contribution >= 0.6 is 34.4 Å². The Kier molecular flexibility index (Phi) is 9.42. The van der Waals surface area contributed by atoms with Crippen molar-refractivity contribution in [1.82, 2.24) is 4.90 Å². The highest BCUT2D eigenvalue weighted by atomic mass is 127. The van der Waals surface area contributed by atoms with Crippen LogP contribution in [0.1, 0.15) is 11.1 Å². The van der Waals surface area contributed by atoms with E-state index in [1.54, 1.807) is 30.3 Å².